The average molecular weight is 371 g/mol. The summed E-state index contributed by atoms with van der Waals surface area (Å²) >= 11 is 0. The number of imidazole rings is 1. The normalized spacial score (nSPS) is 23.1. The van der Waals surface area contributed by atoms with Gasteiger partial charge in [0.05, 0.1) is 29.2 Å². The molecule has 4 heterocycles. The van der Waals surface area contributed by atoms with E-state index in [0.717, 1.165) is 49.1 Å². The maximum Gasteiger partial charge on any atom is 0.248 e. The Balaban J connectivity index is 1.49. The van der Waals surface area contributed by atoms with Crippen LogP contribution < -0.4 is 0 Å². The standard InChI is InChI=1S/C19H25N5O3/c1-27-12-17(25)23-8-2-4-13(11-23)19(26)24-9-3-5-16(24)18-21-14-6-7-20-10-15(14)22-18/h6-7,10,13,16H,2-5,8-9,11-12H2,1H3,(H,21,22). The number of aromatic nitrogens is 3. The van der Waals surface area contributed by atoms with E-state index in [1.54, 1.807) is 17.3 Å². The summed E-state index contributed by atoms with van der Waals surface area (Å²) in [5, 5.41) is 0. The summed E-state index contributed by atoms with van der Waals surface area (Å²) in [5.74, 6) is 0.766. The number of carbonyl (C=O) groups excluding carboxylic acids is 2. The molecule has 0 aromatic carbocycles. The first-order valence-corrected chi connectivity index (χ1v) is 9.54. The lowest BCUT2D eigenvalue weighted by molar-refractivity contribution is -0.143. The zero-order valence-corrected chi connectivity index (χ0v) is 15.6. The zero-order chi connectivity index (χ0) is 18.8. The molecule has 2 unspecified atom stereocenters. The first kappa shape index (κ1) is 17.9. The van der Waals surface area contributed by atoms with E-state index in [4.69, 9.17) is 4.74 Å². The second-order valence-corrected chi connectivity index (χ2v) is 7.32. The molecule has 2 amide bonds. The van der Waals surface area contributed by atoms with Crippen molar-refractivity contribution >= 4 is 22.8 Å². The molecule has 0 aliphatic carbocycles. The Morgan fingerprint density at radius 1 is 1.30 bits per heavy atom. The SMILES string of the molecule is COCC(=O)N1CCCC(C(=O)N2CCCC2c2nc3ccncc3[nH]2)C1. The number of nitrogens with one attached hydrogen (secondary N) is 1. The summed E-state index contributed by atoms with van der Waals surface area (Å²) in [4.78, 5) is 41.2. The summed E-state index contributed by atoms with van der Waals surface area (Å²) in [7, 11) is 1.52. The molecule has 27 heavy (non-hydrogen) atoms. The van der Waals surface area contributed by atoms with Crippen molar-refractivity contribution in [2.24, 2.45) is 5.92 Å². The molecular formula is C19H25N5O3. The first-order valence-electron chi connectivity index (χ1n) is 9.54. The van der Waals surface area contributed by atoms with E-state index in [9.17, 15) is 9.59 Å². The Morgan fingerprint density at radius 2 is 2.15 bits per heavy atom. The molecule has 4 rings (SSSR count). The summed E-state index contributed by atoms with van der Waals surface area (Å²) < 4.78 is 4.95. The van der Waals surface area contributed by atoms with Gasteiger partial charge < -0.3 is 19.5 Å². The molecule has 2 aromatic rings. The maximum atomic E-state index is 13.2. The van der Waals surface area contributed by atoms with Crippen molar-refractivity contribution in [1.29, 1.82) is 0 Å². The molecule has 0 saturated carbocycles. The van der Waals surface area contributed by atoms with Crippen LogP contribution in [0.25, 0.3) is 11.0 Å². The fourth-order valence-corrected chi connectivity index (χ4v) is 4.20. The highest BCUT2D eigenvalue weighted by molar-refractivity contribution is 5.82. The number of rotatable bonds is 4. The Bertz CT molecular complexity index is 803. The van der Waals surface area contributed by atoms with Gasteiger partial charge in [0.25, 0.3) is 0 Å². The van der Waals surface area contributed by atoms with Gasteiger partial charge in [-0.1, -0.05) is 0 Å². The lowest BCUT2D eigenvalue weighted by Crippen LogP contribution is -2.47. The Morgan fingerprint density at radius 3 is 2.96 bits per heavy atom. The van der Waals surface area contributed by atoms with Crippen molar-refractivity contribution in [1.82, 2.24) is 24.8 Å². The predicted octanol–water partition coefficient (Wildman–Crippen LogP) is 1.51. The van der Waals surface area contributed by atoms with Crippen LogP contribution >= 0.6 is 0 Å². The van der Waals surface area contributed by atoms with Crippen LogP contribution in [0.2, 0.25) is 0 Å². The van der Waals surface area contributed by atoms with Gasteiger partial charge in [-0.25, -0.2) is 4.98 Å². The smallest absolute Gasteiger partial charge is 0.248 e. The maximum absolute atomic E-state index is 13.2. The molecule has 2 fully saturated rings. The number of ether oxygens (including phenoxy) is 1. The number of amides is 2. The molecule has 144 valence electrons. The third kappa shape index (κ3) is 3.53. The van der Waals surface area contributed by atoms with Gasteiger partial charge in [-0.3, -0.25) is 14.6 Å². The van der Waals surface area contributed by atoms with Gasteiger partial charge in [-0.05, 0) is 31.7 Å². The first-order chi connectivity index (χ1) is 13.2. The van der Waals surface area contributed by atoms with Gasteiger partial charge in [-0.15, -0.1) is 0 Å². The summed E-state index contributed by atoms with van der Waals surface area (Å²) in [5.41, 5.74) is 1.76. The van der Waals surface area contributed by atoms with Crippen molar-refractivity contribution in [2.45, 2.75) is 31.7 Å². The van der Waals surface area contributed by atoms with Crippen molar-refractivity contribution in [3.63, 3.8) is 0 Å². The van der Waals surface area contributed by atoms with Crippen LogP contribution in [0.1, 0.15) is 37.5 Å². The number of H-pyrrole nitrogens is 1. The minimum atomic E-state index is -0.147. The minimum Gasteiger partial charge on any atom is -0.375 e. The highest BCUT2D eigenvalue weighted by Crippen LogP contribution is 2.33. The Hall–Kier alpha value is -2.48. The zero-order valence-electron chi connectivity index (χ0n) is 15.6. The van der Waals surface area contributed by atoms with Crippen molar-refractivity contribution < 1.29 is 14.3 Å². The number of nitrogens with zero attached hydrogens (tertiary/aromatic N) is 4. The fourth-order valence-electron chi connectivity index (χ4n) is 4.20. The molecule has 1 N–H and O–H groups in total. The van der Waals surface area contributed by atoms with E-state index in [2.05, 4.69) is 15.0 Å². The van der Waals surface area contributed by atoms with Crippen molar-refractivity contribution in [3.05, 3.63) is 24.3 Å². The highest BCUT2D eigenvalue weighted by atomic mass is 16.5. The topological polar surface area (TPSA) is 91.4 Å². The monoisotopic (exact) mass is 371 g/mol. The molecule has 2 aliphatic rings. The average Bonchev–Trinajstić information content (AvgIpc) is 3.34. The molecule has 8 heteroatoms. The van der Waals surface area contributed by atoms with Gasteiger partial charge in [0.1, 0.15) is 12.4 Å². The molecule has 2 aliphatic heterocycles. The van der Waals surface area contributed by atoms with Gasteiger partial charge in [0.2, 0.25) is 11.8 Å². The Labute approximate surface area is 157 Å². The number of piperidine rings is 1. The van der Waals surface area contributed by atoms with Crippen LogP contribution in [0, 0.1) is 5.92 Å². The number of aromatic amines is 1. The number of pyridine rings is 1. The van der Waals surface area contributed by atoms with Crippen LogP contribution in [0.15, 0.2) is 18.5 Å². The van der Waals surface area contributed by atoms with Gasteiger partial charge in [-0.2, -0.15) is 0 Å². The lowest BCUT2D eigenvalue weighted by Gasteiger charge is -2.35. The summed E-state index contributed by atoms with van der Waals surface area (Å²) in [6.07, 6.45) is 7.01. The van der Waals surface area contributed by atoms with Crippen LogP contribution in [0.5, 0.6) is 0 Å². The van der Waals surface area contributed by atoms with Crippen LogP contribution in [-0.4, -0.2) is 69.9 Å². The number of hydrogen-bond donors (Lipinski definition) is 1. The molecule has 0 radical (unpaired) electrons. The molecule has 2 aromatic heterocycles. The van der Waals surface area contributed by atoms with E-state index in [-0.39, 0.29) is 30.4 Å². The lowest BCUT2D eigenvalue weighted by atomic mass is 9.96. The number of methoxy groups -OCH3 is 1. The van der Waals surface area contributed by atoms with Crippen LogP contribution in [-0.2, 0) is 14.3 Å². The van der Waals surface area contributed by atoms with E-state index in [0.29, 0.717) is 13.1 Å². The highest BCUT2D eigenvalue weighted by Gasteiger charge is 2.37. The number of carbonyl (C=O) groups is 2. The van der Waals surface area contributed by atoms with Gasteiger partial charge in [0.15, 0.2) is 0 Å². The van der Waals surface area contributed by atoms with Crippen LogP contribution in [0.4, 0.5) is 0 Å². The number of hydrogen-bond acceptors (Lipinski definition) is 5. The van der Waals surface area contributed by atoms with Crippen LogP contribution in [0.3, 0.4) is 0 Å². The third-order valence-electron chi connectivity index (χ3n) is 5.54. The minimum absolute atomic E-state index is 0.0325. The molecule has 0 spiro atoms. The van der Waals surface area contributed by atoms with Crippen molar-refractivity contribution in [3.8, 4) is 0 Å². The number of likely N-dealkylation sites (tertiary alicyclic amines) is 2. The van der Waals surface area contributed by atoms with E-state index in [1.807, 2.05) is 11.0 Å². The van der Waals surface area contributed by atoms with Gasteiger partial charge >= 0.3 is 0 Å². The van der Waals surface area contributed by atoms with E-state index in [1.165, 1.54) is 7.11 Å². The fraction of sp³-hybridized carbons (Fsp3) is 0.579. The van der Waals surface area contributed by atoms with E-state index >= 15 is 0 Å². The second-order valence-electron chi connectivity index (χ2n) is 7.32. The van der Waals surface area contributed by atoms with Crippen molar-refractivity contribution in [2.75, 3.05) is 33.4 Å². The second kappa shape index (κ2) is 7.64. The van der Waals surface area contributed by atoms with E-state index < -0.39 is 0 Å². The Kier molecular flexibility index (Phi) is 5.07. The molecule has 2 atom stereocenters. The predicted molar refractivity (Wildman–Crippen MR) is 98.8 cm³/mol. The molecule has 8 nitrogen and oxygen atoms in total. The molecular weight excluding hydrogens is 346 g/mol. The third-order valence-corrected chi connectivity index (χ3v) is 5.54. The molecule has 2 saturated heterocycles. The summed E-state index contributed by atoms with van der Waals surface area (Å²) in [6, 6.07) is 1.84. The summed E-state index contributed by atoms with van der Waals surface area (Å²) in [6.45, 7) is 1.99. The largest absolute Gasteiger partial charge is 0.375 e. The number of fused-ring (bicyclic) bond motifs is 1. The molecule has 0 bridgehead atoms. The van der Waals surface area contributed by atoms with Gasteiger partial charge in [0, 0.05) is 32.9 Å². The quantitative estimate of drug-likeness (QED) is 0.880.